The maximum Gasteiger partial charge on any atom is 0.295 e. The van der Waals surface area contributed by atoms with Gasteiger partial charge in [0.2, 0.25) is 0 Å². The summed E-state index contributed by atoms with van der Waals surface area (Å²) >= 11 is 0. The lowest BCUT2D eigenvalue weighted by molar-refractivity contribution is -0.139. The summed E-state index contributed by atoms with van der Waals surface area (Å²) in [5.74, 6) is 0.387. The molecule has 0 bridgehead atoms. The van der Waals surface area contributed by atoms with E-state index < -0.39 is 17.7 Å². The first-order chi connectivity index (χ1) is 16.4. The largest absolute Gasteiger partial charge is 0.507 e. The molecule has 2 aromatic carbocycles. The van der Waals surface area contributed by atoms with Crippen LogP contribution in [0.1, 0.15) is 64.1 Å². The van der Waals surface area contributed by atoms with Gasteiger partial charge in [-0.25, -0.2) is 0 Å². The highest BCUT2D eigenvalue weighted by molar-refractivity contribution is 6.46. The molecule has 6 heteroatoms. The molecule has 1 amide bonds. The summed E-state index contributed by atoms with van der Waals surface area (Å²) in [5, 5.41) is 11.2. The number of ketones is 1. The van der Waals surface area contributed by atoms with Gasteiger partial charge in [0.25, 0.3) is 11.7 Å². The molecule has 0 radical (unpaired) electrons. The molecule has 1 heterocycles. The van der Waals surface area contributed by atoms with Gasteiger partial charge >= 0.3 is 0 Å². The Morgan fingerprint density at radius 2 is 1.56 bits per heavy atom. The second-order valence-electron chi connectivity index (χ2n) is 8.93. The van der Waals surface area contributed by atoms with Crippen LogP contribution >= 0.6 is 0 Å². The number of benzene rings is 2. The highest BCUT2D eigenvalue weighted by atomic mass is 16.5. The van der Waals surface area contributed by atoms with Crippen molar-refractivity contribution in [3.05, 3.63) is 65.2 Å². The number of carbonyl (C=O) groups is 2. The normalized spacial score (nSPS) is 17.4. The molecule has 182 valence electrons. The number of aliphatic hydroxyl groups excluding tert-OH is 1. The second-order valence-corrected chi connectivity index (χ2v) is 8.93. The topological polar surface area (TPSA) is 76.1 Å². The molecule has 6 nitrogen and oxygen atoms in total. The monoisotopic (exact) mass is 465 g/mol. The van der Waals surface area contributed by atoms with Gasteiger partial charge in [-0.1, -0.05) is 45.7 Å². The van der Waals surface area contributed by atoms with E-state index in [4.69, 9.17) is 9.47 Å². The SMILES string of the molecule is CCCCCN1C(=O)C(=O)/C(=C(\O)c2ccc(OCC(C)C)cc2)C1c1ccc(OCC)cc1. The van der Waals surface area contributed by atoms with Crippen molar-refractivity contribution in [3.63, 3.8) is 0 Å². The number of likely N-dealkylation sites (tertiary alicyclic amines) is 1. The van der Waals surface area contributed by atoms with E-state index in [-0.39, 0.29) is 11.3 Å². The number of nitrogens with zero attached hydrogens (tertiary/aromatic N) is 1. The van der Waals surface area contributed by atoms with Gasteiger partial charge in [0.15, 0.2) is 0 Å². The average molecular weight is 466 g/mol. The zero-order valence-corrected chi connectivity index (χ0v) is 20.5. The van der Waals surface area contributed by atoms with Crippen LogP contribution in [0.25, 0.3) is 5.76 Å². The van der Waals surface area contributed by atoms with Crippen LogP contribution in [0.15, 0.2) is 54.1 Å². The fourth-order valence-corrected chi connectivity index (χ4v) is 4.03. The third-order valence-electron chi connectivity index (χ3n) is 5.76. The van der Waals surface area contributed by atoms with Gasteiger partial charge in [-0.2, -0.15) is 0 Å². The van der Waals surface area contributed by atoms with E-state index >= 15 is 0 Å². The molecule has 1 aliphatic heterocycles. The van der Waals surface area contributed by atoms with Crippen molar-refractivity contribution >= 4 is 17.4 Å². The fraction of sp³-hybridized carbons (Fsp3) is 0.429. The van der Waals surface area contributed by atoms with Gasteiger partial charge in [-0.15, -0.1) is 0 Å². The minimum Gasteiger partial charge on any atom is -0.507 e. The minimum absolute atomic E-state index is 0.113. The van der Waals surface area contributed by atoms with Gasteiger partial charge in [-0.05, 0) is 61.2 Å². The molecule has 1 fully saturated rings. The Balaban J connectivity index is 1.99. The van der Waals surface area contributed by atoms with Crippen LogP contribution in [0.5, 0.6) is 11.5 Å². The van der Waals surface area contributed by atoms with Crippen LogP contribution in [0, 0.1) is 5.92 Å². The Kier molecular flexibility index (Phi) is 8.74. The van der Waals surface area contributed by atoms with Crippen LogP contribution in [0.4, 0.5) is 0 Å². The van der Waals surface area contributed by atoms with Crippen LogP contribution in [-0.2, 0) is 9.59 Å². The van der Waals surface area contributed by atoms with Crippen molar-refractivity contribution in [2.45, 2.75) is 53.0 Å². The molecule has 1 N–H and O–H groups in total. The molecule has 1 atom stereocenters. The van der Waals surface area contributed by atoms with Gasteiger partial charge in [0, 0.05) is 12.1 Å². The maximum absolute atomic E-state index is 13.1. The van der Waals surface area contributed by atoms with Gasteiger partial charge in [0.1, 0.15) is 17.3 Å². The number of ether oxygens (including phenoxy) is 2. The van der Waals surface area contributed by atoms with Crippen LogP contribution in [-0.4, -0.2) is 41.5 Å². The fourth-order valence-electron chi connectivity index (χ4n) is 4.03. The van der Waals surface area contributed by atoms with E-state index in [1.165, 1.54) is 0 Å². The molecule has 34 heavy (non-hydrogen) atoms. The highest BCUT2D eigenvalue weighted by Crippen LogP contribution is 2.40. The van der Waals surface area contributed by atoms with Gasteiger partial charge < -0.3 is 19.5 Å². The molecule has 2 aromatic rings. The summed E-state index contributed by atoms with van der Waals surface area (Å²) in [5.41, 5.74) is 1.35. The molecule has 1 unspecified atom stereocenters. The lowest BCUT2D eigenvalue weighted by Gasteiger charge is -2.25. The number of hydrogen-bond acceptors (Lipinski definition) is 5. The van der Waals surface area contributed by atoms with Crippen LogP contribution < -0.4 is 9.47 Å². The number of Topliss-reactive ketones (excluding diaryl/α,β-unsaturated/α-hetero) is 1. The van der Waals surface area contributed by atoms with Crippen molar-refractivity contribution in [1.29, 1.82) is 0 Å². The standard InChI is InChI=1S/C28H35NO5/c1-5-7-8-17-29-25(20-9-13-22(14-10-20)33-6-2)24(27(31)28(29)32)26(30)21-11-15-23(16-12-21)34-18-19(3)4/h9-16,19,25,30H,5-8,17-18H2,1-4H3/b26-24-. The highest BCUT2D eigenvalue weighted by Gasteiger charge is 2.45. The summed E-state index contributed by atoms with van der Waals surface area (Å²) in [6.07, 6.45) is 2.75. The number of hydrogen-bond donors (Lipinski definition) is 1. The minimum atomic E-state index is -0.659. The Hall–Kier alpha value is -3.28. The second kappa shape index (κ2) is 11.7. The van der Waals surface area contributed by atoms with E-state index in [2.05, 4.69) is 20.8 Å². The number of rotatable bonds is 11. The third kappa shape index (κ3) is 5.79. The molecular formula is C28H35NO5. The number of carbonyl (C=O) groups excluding carboxylic acids is 2. The maximum atomic E-state index is 13.1. The zero-order valence-electron chi connectivity index (χ0n) is 20.5. The van der Waals surface area contributed by atoms with Crippen LogP contribution in [0.2, 0.25) is 0 Å². The quantitative estimate of drug-likeness (QED) is 0.198. The molecule has 1 aliphatic rings. The first-order valence-electron chi connectivity index (χ1n) is 12.1. The molecule has 0 saturated carbocycles. The van der Waals surface area contributed by atoms with E-state index in [0.717, 1.165) is 24.8 Å². The first kappa shape index (κ1) is 25.3. The summed E-state index contributed by atoms with van der Waals surface area (Å²) in [6.45, 7) is 9.73. The Morgan fingerprint density at radius 1 is 0.941 bits per heavy atom. The molecule has 0 aromatic heterocycles. The van der Waals surface area contributed by atoms with E-state index in [0.29, 0.717) is 42.7 Å². The van der Waals surface area contributed by atoms with E-state index in [9.17, 15) is 14.7 Å². The van der Waals surface area contributed by atoms with Crippen molar-refractivity contribution in [2.24, 2.45) is 5.92 Å². The average Bonchev–Trinajstić information content (AvgIpc) is 3.08. The van der Waals surface area contributed by atoms with E-state index in [1.54, 1.807) is 29.2 Å². The predicted molar refractivity (Wildman–Crippen MR) is 133 cm³/mol. The smallest absolute Gasteiger partial charge is 0.295 e. The number of amides is 1. The molecule has 3 rings (SSSR count). The Labute approximate surface area is 202 Å². The summed E-state index contributed by atoms with van der Waals surface area (Å²) in [7, 11) is 0. The zero-order chi connectivity index (χ0) is 24.7. The van der Waals surface area contributed by atoms with Crippen molar-refractivity contribution in [1.82, 2.24) is 4.90 Å². The predicted octanol–water partition coefficient (Wildman–Crippen LogP) is 5.73. The van der Waals surface area contributed by atoms with Crippen LogP contribution in [0.3, 0.4) is 0 Å². The number of aliphatic hydroxyl groups is 1. The Bertz CT molecular complexity index is 1010. The van der Waals surface area contributed by atoms with Crippen molar-refractivity contribution in [2.75, 3.05) is 19.8 Å². The lowest BCUT2D eigenvalue weighted by atomic mass is 9.95. The molecule has 0 aliphatic carbocycles. The molecule has 1 saturated heterocycles. The summed E-state index contributed by atoms with van der Waals surface area (Å²) < 4.78 is 11.3. The Morgan fingerprint density at radius 3 is 2.15 bits per heavy atom. The molecular weight excluding hydrogens is 430 g/mol. The lowest BCUT2D eigenvalue weighted by Crippen LogP contribution is -2.30. The van der Waals surface area contributed by atoms with Crippen molar-refractivity contribution in [3.8, 4) is 11.5 Å². The van der Waals surface area contributed by atoms with Crippen molar-refractivity contribution < 1.29 is 24.2 Å². The van der Waals surface area contributed by atoms with Gasteiger partial charge in [0.05, 0.1) is 24.8 Å². The molecule has 0 spiro atoms. The van der Waals surface area contributed by atoms with Gasteiger partial charge in [-0.3, -0.25) is 9.59 Å². The first-order valence-corrected chi connectivity index (χ1v) is 12.1. The number of unbranched alkanes of at least 4 members (excludes halogenated alkanes) is 2. The summed E-state index contributed by atoms with van der Waals surface area (Å²) in [4.78, 5) is 27.7. The van der Waals surface area contributed by atoms with E-state index in [1.807, 2.05) is 31.2 Å². The third-order valence-corrected chi connectivity index (χ3v) is 5.76. The summed E-state index contributed by atoms with van der Waals surface area (Å²) in [6, 6.07) is 13.7.